The third kappa shape index (κ3) is 4.91. The van der Waals surface area contributed by atoms with Crippen LogP contribution < -0.4 is 5.32 Å². The first-order valence-electron chi connectivity index (χ1n) is 10.8. The molecule has 2 amide bonds. The molecule has 2 aromatic carbocycles. The Morgan fingerprint density at radius 2 is 1.53 bits per heavy atom. The average molecular weight is 437 g/mol. The van der Waals surface area contributed by atoms with Gasteiger partial charge in [0.25, 0.3) is 0 Å². The zero-order valence-corrected chi connectivity index (χ0v) is 17.8. The Morgan fingerprint density at radius 1 is 0.938 bits per heavy atom. The highest BCUT2D eigenvalue weighted by Crippen LogP contribution is 2.44. The van der Waals surface area contributed by atoms with Crippen molar-refractivity contribution in [3.05, 3.63) is 59.7 Å². The first-order valence-corrected chi connectivity index (χ1v) is 10.8. The lowest BCUT2D eigenvalue weighted by Gasteiger charge is -2.34. The first-order chi connectivity index (χ1) is 15.5. The van der Waals surface area contributed by atoms with Crippen molar-refractivity contribution in [2.75, 3.05) is 45.9 Å². The van der Waals surface area contributed by atoms with Gasteiger partial charge in [0.15, 0.2) is 0 Å². The quantitative estimate of drug-likeness (QED) is 0.689. The molecule has 0 bridgehead atoms. The van der Waals surface area contributed by atoms with E-state index in [1.165, 1.54) is 0 Å². The van der Waals surface area contributed by atoms with E-state index in [9.17, 15) is 14.4 Å². The van der Waals surface area contributed by atoms with Crippen LogP contribution in [0.2, 0.25) is 0 Å². The van der Waals surface area contributed by atoms with Gasteiger partial charge in [0.05, 0.1) is 6.42 Å². The molecule has 2 N–H and O–H groups in total. The van der Waals surface area contributed by atoms with E-state index in [-0.39, 0.29) is 31.4 Å². The van der Waals surface area contributed by atoms with Crippen molar-refractivity contribution >= 4 is 18.0 Å². The van der Waals surface area contributed by atoms with Gasteiger partial charge in [-0.05, 0) is 22.3 Å². The van der Waals surface area contributed by atoms with Gasteiger partial charge in [0.1, 0.15) is 13.2 Å². The number of alkyl carbamates (subject to hydrolysis) is 1. The maximum absolute atomic E-state index is 12.4. The number of carbonyl (C=O) groups is 3. The summed E-state index contributed by atoms with van der Waals surface area (Å²) in [5.74, 6) is -1.02. The number of hydrogen-bond acceptors (Lipinski definition) is 5. The number of nitrogens with one attached hydrogen (secondary N) is 1. The van der Waals surface area contributed by atoms with Crippen molar-refractivity contribution < 1.29 is 24.2 Å². The van der Waals surface area contributed by atoms with Crippen LogP contribution >= 0.6 is 0 Å². The van der Waals surface area contributed by atoms with Crippen molar-refractivity contribution in [1.82, 2.24) is 15.1 Å². The predicted octanol–water partition coefficient (Wildman–Crippen LogP) is 2.14. The number of ether oxygens (including phenoxy) is 1. The third-order valence-electron chi connectivity index (χ3n) is 6.09. The lowest BCUT2D eigenvalue weighted by atomic mass is 9.98. The Kier molecular flexibility index (Phi) is 6.70. The van der Waals surface area contributed by atoms with Gasteiger partial charge in [-0.15, -0.1) is 0 Å². The van der Waals surface area contributed by atoms with E-state index in [2.05, 4.69) is 29.6 Å². The largest absolute Gasteiger partial charge is 0.481 e. The summed E-state index contributed by atoms with van der Waals surface area (Å²) in [5.41, 5.74) is 4.60. The van der Waals surface area contributed by atoms with E-state index in [4.69, 9.17) is 9.84 Å². The fourth-order valence-electron chi connectivity index (χ4n) is 4.38. The second-order valence-electron chi connectivity index (χ2n) is 8.05. The Morgan fingerprint density at radius 3 is 2.12 bits per heavy atom. The summed E-state index contributed by atoms with van der Waals surface area (Å²) >= 11 is 0. The molecule has 0 saturated carbocycles. The molecule has 8 nitrogen and oxygen atoms in total. The number of fused-ring (bicyclic) bond motifs is 3. The molecule has 1 aliphatic heterocycles. The van der Waals surface area contributed by atoms with Gasteiger partial charge in [-0.2, -0.15) is 0 Å². The molecule has 4 rings (SSSR count). The molecule has 1 heterocycles. The SMILES string of the molecule is O=C(O)CCN1CCN(C(=O)CNC(=O)OCC2c3ccccc3-c3ccccc32)CC1. The van der Waals surface area contributed by atoms with Gasteiger partial charge in [-0.3, -0.25) is 14.5 Å². The summed E-state index contributed by atoms with van der Waals surface area (Å²) < 4.78 is 5.46. The second kappa shape index (κ2) is 9.82. The van der Waals surface area contributed by atoms with Crippen LogP contribution in [0.5, 0.6) is 0 Å². The number of carbonyl (C=O) groups excluding carboxylic acids is 2. The van der Waals surface area contributed by atoms with Crippen LogP contribution in [0, 0.1) is 0 Å². The van der Waals surface area contributed by atoms with Gasteiger partial charge in [0.2, 0.25) is 5.91 Å². The van der Waals surface area contributed by atoms with Crippen molar-refractivity contribution in [3.8, 4) is 11.1 Å². The molecule has 1 aliphatic carbocycles. The highest BCUT2D eigenvalue weighted by atomic mass is 16.5. The van der Waals surface area contributed by atoms with Gasteiger partial charge < -0.3 is 20.1 Å². The van der Waals surface area contributed by atoms with E-state index in [0.717, 1.165) is 22.3 Å². The van der Waals surface area contributed by atoms with Crippen LogP contribution in [-0.2, 0) is 14.3 Å². The van der Waals surface area contributed by atoms with Crippen molar-refractivity contribution in [3.63, 3.8) is 0 Å². The Hall–Kier alpha value is -3.39. The molecule has 0 spiro atoms. The van der Waals surface area contributed by atoms with E-state index in [1.807, 2.05) is 29.2 Å². The first kappa shape index (κ1) is 21.8. The number of piperazine rings is 1. The predicted molar refractivity (Wildman–Crippen MR) is 118 cm³/mol. The molecular weight excluding hydrogens is 410 g/mol. The van der Waals surface area contributed by atoms with Crippen LogP contribution in [0.4, 0.5) is 4.79 Å². The Balaban J connectivity index is 1.23. The molecule has 1 saturated heterocycles. The lowest BCUT2D eigenvalue weighted by molar-refractivity contribution is -0.138. The number of aliphatic carboxylic acids is 1. The zero-order chi connectivity index (χ0) is 22.5. The highest BCUT2D eigenvalue weighted by molar-refractivity contribution is 5.82. The van der Waals surface area contributed by atoms with Crippen LogP contribution in [0.1, 0.15) is 23.5 Å². The zero-order valence-electron chi connectivity index (χ0n) is 17.8. The maximum atomic E-state index is 12.4. The van der Waals surface area contributed by atoms with E-state index in [0.29, 0.717) is 32.7 Å². The Bertz CT molecular complexity index is 955. The van der Waals surface area contributed by atoms with E-state index >= 15 is 0 Å². The minimum Gasteiger partial charge on any atom is -0.481 e. The second-order valence-corrected chi connectivity index (χ2v) is 8.05. The number of hydrogen-bond donors (Lipinski definition) is 2. The summed E-state index contributed by atoms with van der Waals surface area (Å²) in [4.78, 5) is 39.0. The van der Waals surface area contributed by atoms with Gasteiger partial charge in [-0.25, -0.2) is 4.79 Å². The summed E-state index contributed by atoms with van der Waals surface area (Å²) in [6.07, 6.45) is -0.516. The lowest BCUT2D eigenvalue weighted by Crippen LogP contribution is -2.51. The average Bonchev–Trinajstić information content (AvgIpc) is 3.14. The molecule has 0 atom stereocenters. The molecule has 1 fully saturated rings. The number of carboxylic acids is 1. The van der Waals surface area contributed by atoms with Crippen LogP contribution in [0.3, 0.4) is 0 Å². The van der Waals surface area contributed by atoms with Crippen molar-refractivity contribution in [1.29, 1.82) is 0 Å². The molecule has 0 unspecified atom stereocenters. The highest BCUT2D eigenvalue weighted by Gasteiger charge is 2.29. The number of nitrogens with zero attached hydrogens (tertiary/aromatic N) is 2. The molecule has 2 aromatic rings. The monoisotopic (exact) mass is 437 g/mol. The molecular formula is C24H27N3O5. The summed E-state index contributed by atoms with van der Waals surface area (Å²) in [6.45, 7) is 2.86. The van der Waals surface area contributed by atoms with Gasteiger partial charge in [-0.1, -0.05) is 48.5 Å². The minimum absolute atomic E-state index is 0.0252. The maximum Gasteiger partial charge on any atom is 0.407 e. The smallest absolute Gasteiger partial charge is 0.407 e. The Labute approximate surface area is 186 Å². The third-order valence-corrected chi connectivity index (χ3v) is 6.09. The molecule has 168 valence electrons. The van der Waals surface area contributed by atoms with Crippen molar-refractivity contribution in [2.24, 2.45) is 0 Å². The normalized spacial score (nSPS) is 15.7. The fourth-order valence-corrected chi connectivity index (χ4v) is 4.38. The fraction of sp³-hybridized carbons (Fsp3) is 0.375. The summed E-state index contributed by atoms with van der Waals surface area (Å²) in [5, 5.41) is 11.3. The van der Waals surface area contributed by atoms with E-state index < -0.39 is 12.1 Å². The molecule has 2 aliphatic rings. The minimum atomic E-state index is -0.823. The number of amides is 2. The molecule has 0 radical (unpaired) electrons. The van der Waals surface area contributed by atoms with Crippen LogP contribution in [0.25, 0.3) is 11.1 Å². The van der Waals surface area contributed by atoms with Crippen LogP contribution in [0.15, 0.2) is 48.5 Å². The topological polar surface area (TPSA) is 99.2 Å². The van der Waals surface area contributed by atoms with Crippen LogP contribution in [-0.4, -0.2) is 78.8 Å². The standard InChI is InChI=1S/C24H27N3O5/c28-22(27-13-11-26(12-14-27)10-9-23(29)30)15-25-24(31)32-16-21-19-7-3-1-5-17(19)18-6-2-4-8-20(18)21/h1-8,21H,9-16H2,(H,25,31)(H,29,30). The number of carboxylic acid groups (broad SMARTS) is 1. The van der Waals surface area contributed by atoms with E-state index in [1.54, 1.807) is 4.90 Å². The molecule has 32 heavy (non-hydrogen) atoms. The van der Waals surface area contributed by atoms with Crippen molar-refractivity contribution in [2.45, 2.75) is 12.3 Å². The summed E-state index contributed by atoms with van der Waals surface area (Å²) in [6, 6.07) is 16.2. The van der Waals surface area contributed by atoms with Gasteiger partial charge >= 0.3 is 12.1 Å². The summed E-state index contributed by atoms with van der Waals surface area (Å²) in [7, 11) is 0. The van der Waals surface area contributed by atoms with Gasteiger partial charge in [0, 0.05) is 38.6 Å². The molecule has 8 heteroatoms. The number of benzene rings is 2. The molecule has 0 aromatic heterocycles. The number of rotatable bonds is 7.